The van der Waals surface area contributed by atoms with Crippen molar-refractivity contribution in [1.29, 1.82) is 0 Å². The molecular formula is C83H164ClN17O11. The van der Waals surface area contributed by atoms with Gasteiger partial charge in [0.25, 0.3) is 0 Å². The average Bonchev–Trinajstić information content (AvgIpc) is 0.921. The molecule has 0 aliphatic carbocycles. The lowest BCUT2D eigenvalue weighted by molar-refractivity contribution is -0.0295. The molecule has 0 heterocycles. The van der Waals surface area contributed by atoms with Gasteiger partial charge in [-0.2, -0.15) is 0 Å². The van der Waals surface area contributed by atoms with E-state index in [1.54, 1.807) is 65.8 Å². The van der Waals surface area contributed by atoms with E-state index in [4.69, 9.17) is 47.6 Å². The number of benzene rings is 3. The number of aldehydes is 2. The molecule has 0 saturated heterocycles. The van der Waals surface area contributed by atoms with E-state index in [0.29, 0.717) is 43.3 Å². The monoisotopic (exact) mass is 1610 g/mol. The van der Waals surface area contributed by atoms with Gasteiger partial charge in [-0.3, -0.25) is 9.59 Å². The first-order chi connectivity index (χ1) is 52.0. The van der Waals surface area contributed by atoms with Crippen molar-refractivity contribution in [3.63, 3.8) is 0 Å². The van der Waals surface area contributed by atoms with Crippen LogP contribution in [0.2, 0.25) is 0 Å². The molecule has 0 unspecified atom stereocenters. The van der Waals surface area contributed by atoms with Crippen LogP contribution in [0.25, 0.3) is 0 Å². The van der Waals surface area contributed by atoms with Crippen molar-refractivity contribution in [1.82, 2.24) is 63.8 Å². The number of hydrogen-bond acceptors (Lipinski definition) is 26. The highest BCUT2D eigenvalue weighted by molar-refractivity contribution is 5.85. The first-order valence-electron chi connectivity index (χ1n) is 39.8. The number of amides is 2. The van der Waals surface area contributed by atoms with Crippen LogP contribution in [-0.4, -0.2) is 210 Å². The smallest absolute Gasteiger partial charge is 0.444 e. The second kappa shape index (κ2) is 80.2. The Morgan fingerprint density at radius 1 is 0.321 bits per heavy atom. The first kappa shape index (κ1) is 117. The highest BCUT2D eigenvalue weighted by Gasteiger charge is 2.24. The molecule has 654 valence electrons. The molecule has 0 radical (unpaired) electrons. The number of nitrogens with two attached hydrogens (primary N) is 5. The molecular weight excluding hydrogens is 1450 g/mol. The van der Waals surface area contributed by atoms with Crippen LogP contribution >= 0.6 is 12.4 Å². The standard InChI is InChI=1S/C26H49N5O2.C20H40N6.C11H25N3O2.C10H18O5.C8H6O2.C6H17N3.2CH4.ClH/c1-5-6-13-27-14-8-17-29-21-23-11-7-12-24(20-23)22-30-18-9-15-28-16-10-19-31-25(32)33-26(2,3)4;21-8-2-10-23-12-4-14-25-17-19-6-1-7-20(16-19)18-26-15-5-13-24-11-3-9-22;1-11(2,3)16-10(15)14-9-5-8-13-7-4-6-12;1-9(2,3)14-7(11)13-8(12)15-10(4,5)6;9-5-7-2-1-3-8(4-7)6-10;7-3-1-5-9-6-2-4-8;;;/h7,11-12,20,27-30H,5-6,8-10,13-19,21-22H2,1-4H3,(H,31,32);1,6-7,16,23-26H,2-5,8-15,17-18,21-22H2;13H,4-9,12H2,1-3H3,(H,14,15);1-6H3;1-6H;9H,1-8H2;2*1H4;1H. The van der Waals surface area contributed by atoms with Gasteiger partial charge in [-0.25, -0.2) is 19.2 Å². The molecule has 0 aliphatic heterocycles. The molecule has 2 amide bonds. The third-order valence-corrected chi connectivity index (χ3v) is 14.1. The van der Waals surface area contributed by atoms with Gasteiger partial charge in [0.15, 0.2) is 0 Å². The van der Waals surface area contributed by atoms with E-state index in [0.717, 1.165) is 221 Å². The lowest BCUT2D eigenvalue weighted by Crippen LogP contribution is -2.34. The van der Waals surface area contributed by atoms with Crippen LogP contribution < -0.4 is 92.5 Å². The van der Waals surface area contributed by atoms with Crippen molar-refractivity contribution in [3.05, 3.63) is 106 Å². The molecule has 0 atom stereocenters. The summed E-state index contributed by atoms with van der Waals surface area (Å²) in [6.45, 7) is 48.3. The molecule has 0 aromatic heterocycles. The normalized spacial score (nSPS) is 10.8. The number of hydrogen-bond donors (Lipinski definition) is 17. The van der Waals surface area contributed by atoms with Crippen molar-refractivity contribution < 1.29 is 52.5 Å². The molecule has 3 aromatic rings. The van der Waals surface area contributed by atoms with Gasteiger partial charge in [0.05, 0.1) is 0 Å². The highest BCUT2D eigenvalue weighted by Crippen LogP contribution is 2.13. The Kier molecular flexibility index (Phi) is 83.6. The highest BCUT2D eigenvalue weighted by atomic mass is 35.5. The molecule has 112 heavy (non-hydrogen) atoms. The molecule has 3 aromatic carbocycles. The summed E-state index contributed by atoms with van der Waals surface area (Å²) in [5.41, 5.74) is 31.0. The third kappa shape index (κ3) is 91.2. The topological polar surface area (TPSA) is 423 Å². The van der Waals surface area contributed by atoms with Crippen LogP contribution in [0.1, 0.15) is 231 Å². The van der Waals surface area contributed by atoms with Gasteiger partial charge < -0.3 is 116 Å². The van der Waals surface area contributed by atoms with Crippen LogP contribution in [0, 0.1) is 0 Å². The van der Waals surface area contributed by atoms with E-state index in [-0.39, 0.29) is 39.4 Å². The zero-order valence-corrected chi connectivity index (χ0v) is 71.0. The lowest BCUT2D eigenvalue weighted by atomic mass is 10.1. The average molecular weight is 1610 g/mol. The van der Waals surface area contributed by atoms with Crippen LogP contribution in [0.5, 0.6) is 0 Å². The van der Waals surface area contributed by atoms with E-state index < -0.39 is 34.7 Å². The Labute approximate surface area is 684 Å². The fourth-order valence-electron chi connectivity index (χ4n) is 8.92. The second-order valence-corrected chi connectivity index (χ2v) is 29.8. The number of carbonyl (C=O) groups is 6. The number of rotatable bonds is 52. The van der Waals surface area contributed by atoms with Crippen LogP contribution in [0.15, 0.2) is 72.8 Å². The molecule has 29 heteroatoms. The summed E-state index contributed by atoms with van der Waals surface area (Å²) >= 11 is 0. The Hall–Kier alpha value is -6.03. The summed E-state index contributed by atoms with van der Waals surface area (Å²) in [6, 6.07) is 24.2. The third-order valence-electron chi connectivity index (χ3n) is 14.1. The fraction of sp³-hybridized carbons (Fsp3) is 0.711. The molecule has 0 bridgehead atoms. The van der Waals surface area contributed by atoms with Crippen LogP contribution in [-0.2, 0) is 49.9 Å². The van der Waals surface area contributed by atoms with Gasteiger partial charge in [0, 0.05) is 50.4 Å². The summed E-state index contributed by atoms with van der Waals surface area (Å²) in [5, 5.41) is 39.8. The Morgan fingerprint density at radius 3 is 0.777 bits per heavy atom. The maximum atomic E-state index is 11.6. The fourth-order valence-corrected chi connectivity index (χ4v) is 8.92. The minimum absolute atomic E-state index is 0. The zero-order valence-electron chi connectivity index (χ0n) is 70.2. The lowest BCUT2D eigenvalue weighted by Gasteiger charge is -2.20. The van der Waals surface area contributed by atoms with Crippen molar-refractivity contribution in [2.75, 3.05) is 151 Å². The molecule has 0 aliphatic rings. The van der Waals surface area contributed by atoms with Crippen molar-refractivity contribution in [3.8, 4) is 0 Å². The minimum atomic E-state index is -1.06. The van der Waals surface area contributed by atoms with Gasteiger partial charge in [-0.1, -0.05) is 94.9 Å². The number of nitrogens with one attached hydrogen (secondary N) is 12. The van der Waals surface area contributed by atoms with Crippen molar-refractivity contribution in [2.24, 2.45) is 28.7 Å². The molecule has 3 rings (SSSR count). The Morgan fingerprint density at radius 2 is 0.545 bits per heavy atom. The van der Waals surface area contributed by atoms with E-state index >= 15 is 0 Å². The van der Waals surface area contributed by atoms with Gasteiger partial charge in [-0.15, -0.1) is 12.4 Å². The second-order valence-electron chi connectivity index (χ2n) is 29.8. The van der Waals surface area contributed by atoms with Crippen LogP contribution in [0.3, 0.4) is 0 Å². The summed E-state index contributed by atoms with van der Waals surface area (Å²) in [7, 11) is 0. The first-order valence-corrected chi connectivity index (χ1v) is 39.8. The predicted molar refractivity (Wildman–Crippen MR) is 468 cm³/mol. The minimum Gasteiger partial charge on any atom is -0.444 e. The Balaban J connectivity index is -0.000000317. The number of unbranched alkanes of at least 4 members (excludes halogenated alkanes) is 1. The number of ether oxygens (including phenoxy) is 5. The van der Waals surface area contributed by atoms with Gasteiger partial charge in [0.1, 0.15) is 35.0 Å². The predicted octanol–water partition coefficient (Wildman–Crippen LogP) is 10.1. The maximum absolute atomic E-state index is 11.6. The number of carbonyl (C=O) groups excluding carboxylic acids is 6. The van der Waals surface area contributed by atoms with Crippen molar-refractivity contribution in [2.45, 2.75) is 237 Å². The van der Waals surface area contributed by atoms with E-state index in [2.05, 4.69) is 124 Å². The Bertz CT molecular complexity index is 2560. The van der Waals surface area contributed by atoms with E-state index in [9.17, 15) is 28.8 Å². The maximum Gasteiger partial charge on any atom is 0.519 e. The SMILES string of the molecule is C.C.CC(C)(C)OC(=O)NCCCNCCCN.CC(C)(C)OC(=O)OC(=O)OC(C)(C)C.CCCCNCCCNCc1cccc(CNCCCNCCCNC(=O)OC(C)(C)C)c1.Cl.NCCCNCCCN.NCCCNCCCNCc1cccc(CNCCCNCCCN)c1.O=Cc1cccc(C=O)c1. The molecule has 22 N–H and O–H groups in total. The number of halogens is 1. The van der Waals surface area contributed by atoms with Crippen LogP contribution in [0.4, 0.5) is 19.2 Å². The van der Waals surface area contributed by atoms with E-state index in [1.807, 2.05) is 41.5 Å². The quantitative estimate of drug-likeness (QED) is 0.00821. The molecule has 0 fully saturated rings. The largest absolute Gasteiger partial charge is 0.519 e. The summed E-state index contributed by atoms with van der Waals surface area (Å²) in [5.74, 6) is 0. The van der Waals surface area contributed by atoms with Gasteiger partial charge >= 0.3 is 24.5 Å². The molecule has 0 spiro atoms. The molecule has 0 saturated carbocycles. The van der Waals surface area contributed by atoms with Gasteiger partial charge in [0.2, 0.25) is 0 Å². The van der Waals surface area contributed by atoms with E-state index in [1.165, 1.54) is 41.5 Å². The molecule has 28 nitrogen and oxygen atoms in total. The van der Waals surface area contributed by atoms with Crippen molar-refractivity contribution >= 4 is 49.5 Å². The summed E-state index contributed by atoms with van der Waals surface area (Å²) in [4.78, 5) is 65.1. The zero-order chi connectivity index (χ0) is 82.0. The summed E-state index contributed by atoms with van der Waals surface area (Å²) in [6.07, 6.45) is 12.7. The summed E-state index contributed by atoms with van der Waals surface area (Å²) < 4.78 is 24.1. The number of alkyl carbamates (subject to hydrolysis) is 2. The van der Waals surface area contributed by atoms with Gasteiger partial charge in [-0.05, 0) is 326 Å².